The molecule has 52 heavy (non-hydrogen) atoms. The molecule has 0 bridgehead atoms. The van der Waals surface area contributed by atoms with Crippen LogP contribution in [0.1, 0.15) is 206 Å². The van der Waals surface area contributed by atoms with E-state index < -0.39 is 26.5 Å². The van der Waals surface area contributed by atoms with Crippen molar-refractivity contribution < 1.29 is 42.1 Å². The normalized spacial score (nSPS) is 13.6. The summed E-state index contributed by atoms with van der Waals surface area (Å²) in [5.74, 6) is -0.787. The van der Waals surface area contributed by atoms with Gasteiger partial charge in [-0.1, -0.05) is 181 Å². The first-order chi connectivity index (χ1) is 25.0. The fraction of sp³-hybridized carbons (Fsp3) is 0.952. The maximum absolute atomic E-state index is 12.6. The minimum Gasteiger partial charge on any atom is -0.462 e. The molecule has 0 spiro atoms. The van der Waals surface area contributed by atoms with Crippen molar-refractivity contribution in [3.63, 3.8) is 0 Å². The molecule has 0 radical (unpaired) electrons. The predicted molar refractivity (Wildman–Crippen MR) is 215 cm³/mol. The Kier molecular flexibility index (Phi) is 35.0. The number of hydrogen-bond donors (Lipinski definition) is 1. The largest absolute Gasteiger partial charge is 0.472 e. The fourth-order valence-corrected chi connectivity index (χ4v) is 6.93. The topological polar surface area (TPSA) is 108 Å². The van der Waals surface area contributed by atoms with Gasteiger partial charge in [-0.3, -0.25) is 18.6 Å². The number of hydrogen-bond acceptors (Lipinski definition) is 7. The highest BCUT2D eigenvalue weighted by molar-refractivity contribution is 7.47. The maximum atomic E-state index is 12.6. The predicted octanol–water partition coefficient (Wildman–Crippen LogP) is 12.0. The molecule has 0 amide bonds. The Labute approximate surface area is 321 Å². The average Bonchev–Trinajstić information content (AvgIpc) is 3.09. The van der Waals surface area contributed by atoms with E-state index in [0.717, 1.165) is 32.1 Å². The molecule has 0 saturated carbocycles. The molecule has 0 aliphatic carbocycles. The highest BCUT2D eigenvalue weighted by Gasteiger charge is 2.27. The lowest BCUT2D eigenvalue weighted by atomic mass is 10.0. The van der Waals surface area contributed by atoms with Crippen molar-refractivity contribution in [2.24, 2.45) is 0 Å². The number of quaternary nitrogens is 1. The van der Waals surface area contributed by atoms with E-state index in [-0.39, 0.29) is 25.6 Å². The van der Waals surface area contributed by atoms with Crippen LogP contribution in [-0.2, 0) is 32.7 Å². The lowest BCUT2D eigenvalue weighted by Gasteiger charge is -2.24. The molecule has 0 heterocycles. The quantitative estimate of drug-likeness (QED) is 0.0284. The lowest BCUT2D eigenvalue weighted by Crippen LogP contribution is -2.37. The molecule has 0 fully saturated rings. The van der Waals surface area contributed by atoms with E-state index in [1.807, 2.05) is 21.1 Å². The van der Waals surface area contributed by atoms with Crippen LogP contribution in [0.15, 0.2) is 0 Å². The van der Waals surface area contributed by atoms with E-state index in [4.69, 9.17) is 18.5 Å². The number of carbonyl (C=O) groups excluding carboxylic acids is 2. The summed E-state index contributed by atoms with van der Waals surface area (Å²) < 4.78 is 34.2. The lowest BCUT2D eigenvalue weighted by molar-refractivity contribution is -0.870. The molecule has 2 atom stereocenters. The molecule has 10 heteroatoms. The minimum atomic E-state index is -4.36. The highest BCUT2D eigenvalue weighted by Crippen LogP contribution is 2.43. The van der Waals surface area contributed by atoms with Crippen LogP contribution in [0.4, 0.5) is 0 Å². The van der Waals surface area contributed by atoms with Crippen molar-refractivity contribution in [3.8, 4) is 0 Å². The number of phosphoric ester groups is 1. The molecule has 1 N–H and O–H groups in total. The molecule has 0 aromatic carbocycles. The van der Waals surface area contributed by atoms with Crippen molar-refractivity contribution in [3.05, 3.63) is 0 Å². The molecule has 2 unspecified atom stereocenters. The summed E-state index contributed by atoms with van der Waals surface area (Å²) in [6.45, 7) is 4.44. The smallest absolute Gasteiger partial charge is 0.462 e. The highest BCUT2D eigenvalue weighted by atomic mass is 31.2. The first kappa shape index (κ1) is 51.0. The van der Waals surface area contributed by atoms with E-state index in [1.54, 1.807) is 0 Å². The summed E-state index contributed by atoms with van der Waals surface area (Å²) in [5.41, 5.74) is 0. The molecule has 0 aliphatic rings. The first-order valence-corrected chi connectivity index (χ1v) is 23.3. The Bertz CT molecular complexity index is 865. The van der Waals surface area contributed by atoms with Gasteiger partial charge in [0.25, 0.3) is 0 Å². The summed E-state index contributed by atoms with van der Waals surface area (Å²) in [6.07, 6.45) is 34.4. The summed E-state index contributed by atoms with van der Waals surface area (Å²) in [4.78, 5) is 35.2. The monoisotopic (exact) mass is 763 g/mol. The van der Waals surface area contributed by atoms with Crippen LogP contribution in [0, 0.1) is 0 Å². The maximum Gasteiger partial charge on any atom is 0.472 e. The van der Waals surface area contributed by atoms with Crippen LogP contribution < -0.4 is 0 Å². The van der Waals surface area contributed by atoms with E-state index in [1.165, 1.54) is 141 Å². The zero-order chi connectivity index (χ0) is 38.6. The summed E-state index contributed by atoms with van der Waals surface area (Å²) in [5, 5.41) is 0. The Hall–Kier alpha value is -0.990. The van der Waals surface area contributed by atoms with Gasteiger partial charge in [0.1, 0.15) is 19.8 Å². The summed E-state index contributed by atoms with van der Waals surface area (Å²) in [7, 11) is 1.49. The van der Waals surface area contributed by atoms with Gasteiger partial charge in [-0.05, 0) is 12.8 Å². The summed E-state index contributed by atoms with van der Waals surface area (Å²) in [6, 6.07) is 0. The molecule has 9 nitrogen and oxygen atoms in total. The third-order valence-corrected chi connectivity index (χ3v) is 10.6. The van der Waals surface area contributed by atoms with Crippen LogP contribution in [0.2, 0.25) is 0 Å². The van der Waals surface area contributed by atoms with E-state index in [0.29, 0.717) is 23.9 Å². The van der Waals surface area contributed by atoms with Gasteiger partial charge in [-0.2, -0.15) is 0 Å². The Morgan fingerprint density at radius 1 is 0.519 bits per heavy atom. The molecule has 0 aliphatic heterocycles. The Morgan fingerprint density at radius 2 is 0.865 bits per heavy atom. The van der Waals surface area contributed by atoms with Crippen molar-refractivity contribution in [2.45, 2.75) is 213 Å². The number of nitrogens with zero attached hydrogens (tertiary/aromatic N) is 1. The minimum absolute atomic E-state index is 0.0366. The standard InChI is InChI=1S/C42H84NO8P/c1-6-8-10-12-14-16-18-19-20-21-22-23-24-25-27-28-30-32-34-41(44)48-38-40(39-50-52(46,47)49-37-36-43(3,4)5)51-42(45)35-33-31-29-26-17-15-13-11-9-7-2/h40H,6-39H2,1-5H3/p+1. The fourth-order valence-electron chi connectivity index (χ4n) is 6.19. The van der Waals surface area contributed by atoms with Crippen molar-refractivity contribution in [2.75, 3.05) is 47.5 Å². The molecule has 0 saturated heterocycles. The zero-order valence-electron chi connectivity index (χ0n) is 34.8. The van der Waals surface area contributed by atoms with Gasteiger partial charge in [0.15, 0.2) is 6.10 Å². The van der Waals surface area contributed by atoms with Gasteiger partial charge in [0.2, 0.25) is 0 Å². The number of unbranched alkanes of at least 4 members (excludes halogenated alkanes) is 26. The third kappa shape index (κ3) is 38.7. The third-order valence-electron chi connectivity index (χ3n) is 9.64. The molecular weight excluding hydrogens is 677 g/mol. The van der Waals surface area contributed by atoms with E-state index in [2.05, 4.69) is 13.8 Å². The number of esters is 2. The average molecular weight is 763 g/mol. The molecule has 0 aromatic rings. The number of rotatable bonds is 40. The van der Waals surface area contributed by atoms with E-state index in [9.17, 15) is 19.0 Å². The van der Waals surface area contributed by atoms with Crippen LogP contribution in [-0.4, -0.2) is 74.9 Å². The zero-order valence-corrected chi connectivity index (χ0v) is 35.7. The number of phosphoric acid groups is 1. The number of ether oxygens (including phenoxy) is 2. The molecule has 0 rings (SSSR count). The van der Waals surface area contributed by atoms with Crippen molar-refractivity contribution >= 4 is 19.8 Å². The van der Waals surface area contributed by atoms with Gasteiger partial charge in [0.05, 0.1) is 27.7 Å². The second-order valence-electron chi connectivity index (χ2n) is 16.1. The molecule has 0 aromatic heterocycles. The molecular formula is C42H85NO8P+. The Morgan fingerprint density at radius 3 is 1.23 bits per heavy atom. The molecule has 310 valence electrons. The number of likely N-dealkylation sites (N-methyl/N-ethyl adjacent to an activating group) is 1. The summed E-state index contributed by atoms with van der Waals surface area (Å²) >= 11 is 0. The van der Waals surface area contributed by atoms with Gasteiger partial charge in [-0.15, -0.1) is 0 Å². The van der Waals surface area contributed by atoms with Crippen LogP contribution in [0.5, 0.6) is 0 Å². The van der Waals surface area contributed by atoms with Crippen LogP contribution in [0.25, 0.3) is 0 Å². The second kappa shape index (κ2) is 35.7. The Balaban J connectivity index is 4.24. The van der Waals surface area contributed by atoms with E-state index >= 15 is 0 Å². The van der Waals surface area contributed by atoms with Gasteiger partial charge < -0.3 is 18.9 Å². The number of carbonyl (C=O) groups is 2. The van der Waals surface area contributed by atoms with Crippen molar-refractivity contribution in [1.29, 1.82) is 0 Å². The first-order valence-electron chi connectivity index (χ1n) is 21.8. The SMILES string of the molecule is CCCCCCCCCCCCCCCCCCCCC(=O)OCC(COP(=O)(O)OCC[N+](C)(C)C)OC(=O)CCCCCCCCCCCC. The van der Waals surface area contributed by atoms with Crippen LogP contribution >= 0.6 is 7.82 Å². The second-order valence-corrected chi connectivity index (χ2v) is 17.6. The van der Waals surface area contributed by atoms with Crippen LogP contribution in [0.3, 0.4) is 0 Å². The van der Waals surface area contributed by atoms with Gasteiger partial charge >= 0.3 is 19.8 Å². The van der Waals surface area contributed by atoms with Gasteiger partial charge in [0, 0.05) is 12.8 Å². The van der Waals surface area contributed by atoms with Crippen molar-refractivity contribution in [1.82, 2.24) is 0 Å². The van der Waals surface area contributed by atoms with Gasteiger partial charge in [-0.25, -0.2) is 4.57 Å².